The number of carbonyl (C=O) groups excluding carboxylic acids is 1. The molecule has 1 aromatic rings. The lowest BCUT2D eigenvalue weighted by atomic mass is 10.1. The zero-order valence-electron chi connectivity index (χ0n) is 6.50. The maximum absolute atomic E-state index is 12.9. The Labute approximate surface area is 77.1 Å². The van der Waals surface area contributed by atoms with Crippen LogP contribution in [0.1, 0.15) is 15.9 Å². The molecule has 0 spiro atoms. The van der Waals surface area contributed by atoms with Gasteiger partial charge in [0.2, 0.25) is 0 Å². The molecule has 1 rings (SSSR count). The molecule has 0 aliphatic rings. The van der Waals surface area contributed by atoms with Crippen LogP contribution in [0.25, 0.3) is 0 Å². The van der Waals surface area contributed by atoms with Crippen molar-refractivity contribution in [2.75, 3.05) is 0 Å². The molecule has 0 unspecified atom stereocenters. The Morgan fingerprint density at radius 1 is 1.31 bits per heavy atom. The van der Waals surface area contributed by atoms with Gasteiger partial charge in [0.05, 0.1) is 5.56 Å². The molecule has 0 aromatic heterocycles. The summed E-state index contributed by atoms with van der Waals surface area (Å²) < 4.78 is 37.9. The van der Waals surface area contributed by atoms with Crippen molar-refractivity contribution in [3.8, 4) is 0 Å². The summed E-state index contributed by atoms with van der Waals surface area (Å²) in [7, 11) is 0. The van der Waals surface area contributed by atoms with E-state index in [4.69, 9.17) is 11.6 Å². The van der Waals surface area contributed by atoms with Gasteiger partial charge >= 0.3 is 0 Å². The smallest absolute Gasteiger partial charge is 0.255 e. The lowest BCUT2D eigenvalue weighted by Gasteiger charge is -2.03. The van der Waals surface area contributed by atoms with Crippen molar-refractivity contribution in [3.63, 3.8) is 0 Å². The van der Waals surface area contributed by atoms with Gasteiger partial charge in [0.15, 0.2) is 17.5 Å². The third kappa shape index (κ3) is 1.67. The van der Waals surface area contributed by atoms with Gasteiger partial charge < -0.3 is 0 Å². The minimum Gasteiger partial charge on any atom is -0.275 e. The monoisotopic (exact) mass is 208 g/mol. The molecular formula is C8H4ClF3O. The summed E-state index contributed by atoms with van der Waals surface area (Å²) in [5.41, 5.74) is -0.656. The standard InChI is InChI=1S/C8H4ClF3O/c1-3-2-4(10)6(11)7(12)5(3)8(9)13/h2H,1H3. The van der Waals surface area contributed by atoms with Crippen molar-refractivity contribution in [2.45, 2.75) is 6.92 Å². The molecule has 0 atom stereocenters. The van der Waals surface area contributed by atoms with Crippen LogP contribution in [0.2, 0.25) is 0 Å². The fraction of sp³-hybridized carbons (Fsp3) is 0.125. The molecule has 0 heterocycles. The second-order valence-electron chi connectivity index (χ2n) is 2.45. The van der Waals surface area contributed by atoms with Crippen LogP contribution in [0.4, 0.5) is 13.2 Å². The highest BCUT2D eigenvalue weighted by Crippen LogP contribution is 2.20. The van der Waals surface area contributed by atoms with Crippen LogP contribution in [0.15, 0.2) is 6.07 Å². The van der Waals surface area contributed by atoms with Crippen molar-refractivity contribution >= 4 is 16.8 Å². The molecular weight excluding hydrogens is 205 g/mol. The van der Waals surface area contributed by atoms with Crippen molar-refractivity contribution in [3.05, 3.63) is 34.6 Å². The van der Waals surface area contributed by atoms with Gasteiger partial charge in [-0.2, -0.15) is 0 Å². The van der Waals surface area contributed by atoms with Crippen LogP contribution in [-0.2, 0) is 0 Å². The number of carbonyl (C=O) groups is 1. The van der Waals surface area contributed by atoms with E-state index in [2.05, 4.69) is 0 Å². The van der Waals surface area contributed by atoms with E-state index in [9.17, 15) is 18.0 Å². The number of aryl methyl sites for hydroxylation is 1. The Kier molecular flexibility index (Phi) is 2.61. The molecule has 1 nitrogen and oxygen atoms in total. The molecule has 13 heavy (non-hydrogen) atoms. The highest BCUT2D eigenvalue weighted by Gasteiger charge is 2.20. The van der Waals surface area contributed by atoms with Gasteiger partial charge in [-0.25, -0.2) is 13.2 Å². The fourth-order valence-corrected chi connectivity index (χ4v) is 1.19. The fourth-order valence-electron chi connectivity index (χ4n) is 0.955. The quantitative estimate of drug-likeness (QED) is 0.512. The summed E-state index contributed by atoms with van der Waals surface area (Å²) in [4.78, 5) is 10.6. The molecule has 0 saturated carbocycles. The maximum Gasteiger partial charge on any atom is 0.255 e. The number of benzene rings is 1. The van der Waals surface area contributed by atoms with Crippen LogP contribution in [0.3, 0.4) is 0 Å². The minimum absolute atomic E-state index is 0.0311. The van der Waals surface area contributed by atoms with Gasteiger partial charge in [0, 0.05) is 0 Å². The average molecular weight is 209 g/mol. The number of rotatable bonds is 1. The van der Waals surface area contributed by atoms with Gasteiger partial charge in [0.25, 0.3) is 5.24 Å². The van der Waals surface area contributed by atoms with E-state index in [0.29, 0.717) is 6.07 Å². The summed E-state index contributed by atoms with van der Waals surface area (Å²) in [5.74, 6) is -4.57. The summed E-state index contributed by atoms with van der Waals surface area (Å²) in [6.45, 7) is 1.27. The van der Waals surface area contributed by atoms with Crippen molar-refractivity contribution < 1.29 is 18.0 Å². The summed E-state index contributed by atoms with van der Waals surface area (Å²) in [6.07, 6.45) is 0. The highest BCUT2D eigenvalue weighted by atomic mass is 35.5. The maximum atomic E-state index is 12.9. The Hall–Kier alpha value is -1.03. The predicted octanol–water partition coefficient (Wildman–Crippen LogP) is 2.79. The van der Waals surface area contributed by atoms with E-state index in [0.717, 1.165) is 0 Å². The third-order valence-electron chi connectivity index (χ3n) is 1.56. The first-order chi connectivity index (χ1) is 5.95. The lowest BCUT2D eigenvalue weighted by Crippen LogP contribution is -2.03. The lowest BCUT2D eigenvalue weighted by molar-refractivity contribution is 0.107. The van der Waals surface area contributed by atoms with Gasteiger partial charge in [-0.3, -0.25) is 4.79 Å². The zero-order chi connectivity index (χ0) is 10.2. The van der Waals surface area contributed by atoms with Crippen LogP contribution in [0.5, 0.6) is 0 Å². The summed E-state index contributed by atoms with van der Waals surface area (Å²) >= 11 is 4.97. The molecule has 0 amide bonds. The topological polar surface area (TPSA) is 17.1 Å². The SMILES string of the molecule is Cc1cc(F)c(F)c(F)c1C(=O)Cl. The predicted molar refractivity (Wildman–Crippen MR) is 41.2 cm³/mol. The van der Waals surface area contributed by atoms with Gasteiger partial charge in [-0.15, -0.1) is 0 Å². The molecule has 0 bridgehead atoms. The third-order valence-corrected chi connectivity index (χ3v) is 1.74. The van der Waals surface area contributed by atoms with E-state index < -0.39 is 28.3 Å². The molecule has 5 heteroatoms. The first-order valence-electron chi connectivity index (χ1n) is 3.29. The van der Waals surface area contributed by atoms with Crippen LogP contribution in [-0.4, -0.2) is 5.24 Å². The summed E-state index contributed by atoms with van der Waals surface area (Å²) in [5, 5.41) is -1.14. The molecule has 1 aromatic carbocycles. The number of hydrogen-bond acceptors (Lipinski definition) is 1. The average Bonchev–Trinajstić information content (AvgIpc) is 1.99. The van der Waals surface area contributed by atoms with E-state index >= 15 is 0 Å². The number of halogens is 4. The van der Waals surface area contributed by atoms with Crippen LogP contribution >= 0.6 is 11.6 Å². The largest absolute Gasteiger partial charge is 0.275 e. The second-order valence-corrected chi connectivity index (χ2v) is 2.80. The van der Waals surface area contributed by atoms with E-state index in [1.54, 1.807) is 0 Å². The van der Waals surface area contributed by atoms with Gasteiger partial charge in [-0.1, -0.05) is 0 Å². The Bertz CT molecular complexity index is 376. The molecule has 0 saturated heterocycles. The molecule has 0 fully saturated rings. The van der Waals surface area contributed by atoms with E-state index in [1.807, 2.05) is 0 Å². The molecule has 0 aliphatic heterocycles. The number of hydrogen-bond donors (Lipinski definition) is 0. The van der Waals surface area contributed by atoms with Crippen LogP contribution < -0.4 is 0 Å². The van der Waals surface area contributed by atoms with Crippen molar-refractivity contribution in [2.24, 2.45) is 0 Å². The Morgan fingerprint density at radius 3 is 2.31 bits per heavy atom. The molecule has 0 radical (unpaired) electrons. The zero-order valence-corrected chi connectivity index (χ0v) is 7.25. The Balaban J connectivity index is 3.53. The van der Waals surface area contributed by atoms with Gasteiger partial charge in [0.1, 0.15) is 0 Å². The van der Waals surface area contributed by atoms with Crippen molar-refractivity contribution in [1.29, 1.82) is 0 Å². The molecule has 70 valence electrons. The normalized spacial score (nSPS) is 10.2. The minimum atomic E-state index is -1.69. The van der Waals surface area contributed by atoms with Crippen molar-refractivity contribution in [1.82, 2.24) is 0 Å². The first kappa shape index (κ1) is 10.1. The van der Waals surface area contributed by atoms with Gasteiger partial charge in [-0.05, 0) is 30.2 Å². The van der Waals surface area contributed by atoms with Crippen LogP contribution in [0, 0.1) is 24.4 Å². The summed E-state index contributed by atoms with van der Waals surface area (Å²) in [6, 6.07) is 0.716. The van der Waals surface area contributed by atoms with E-state index in [1.165, 1.54) is 6.92 Å². The van der Waals surface area contributed by atoms with E-state index in [-0.39, 0.29) is 5.56 Å². The second kappa shape index (κ2) is 3.38. The molecule has 0 aliphatic carbocycles. The molecule has 0 N–H and O–H groups in total. The first-order valence-corrected chi connectivity index (χ1v) is 3.67. The highest BCUT2D eigenvalue weighted by molar-refractivity contribution is 6.67. The Morgan fingerprint density at radius 2 is 1.85 bits per heavy atom.